The molecule has 10 rings (SSSR count). The van der Waals surface area contributed by atoms with Gasteiger partial charge >= 0.3 is 0 Å². The van der Waals surface area contributed by atoms with Gasteiger partial charge in [-0.2, -0.15) is 0 Å². The predicted octanol–water partition coefficient (Wildman–Crippen LogP) is 12.9. The van der Waals surface area contributed by atoms with E-state index in [4.69, 9.17) is 8.83 Å². The zero-order chi connectivity index (χ0) is 30.9. The van der Waals surface area contributed by atoms with Crippen LogP contribution in [0.4, 0.5) is 17.1 Å². The summed E-state index contributed by atoms with van der Waals surface area (Å²) >= 11 is 0. The van der Waals surface area contributed by atoms with Crippen LogP contribution in [0.1, 0.15) is 0 Å². The number of para-hydroxylation sites is 2. The molecule has 2 aromatic heterocycles. The van der Waals surface area contributed by atoms with Gasteiger partial charge in [-0.15, -0.1) is 0 Å². The third-order valence-corrected chi connectivity index (χ3v) is 9.42. The predicted molar refractivity (Wildman–Crippen MR) is 196 cm³/mol. The van der Waals surface area contributed by atoms with Crippen molar-refractivity contribution < 1.29 is 8.83 Å². The second-order valence-electron chi connectivity index (χ2n) is 12.1. The highest BCUT2D eigenvalue weighted by molar-refractivity contribution is 6.19. The third kappa shape index (κ3) is 4.07. The molecule has 0 bridgehead atoms. The molecule has 0 amide bonds. The van der Waals surface area contributed by atoms with E-state index in [1.807, 2.05) is 12.1 Å². The highest BCUT2D eigenvalue weighted by atomic mass is 16.3. The average Bonchev–Trinajstić information content (AvgIpc) is 3.71. The van der Waals surface area contributed by atoms with Crippen molar-refractivity contribution in [2.75, 3.05) is 4.90 Å². The molecular weight excluding hydrogens is 574 g/mol. The molecule has 10 aromatic rings. The van der Waals surface area contributed by atoms with E-state index < -0.39 is 0 Å². The first-order valence-corrected chi connectivity index (χ1v) is 15.9. The number of furan rings is 2. The zero-order valence-corrected chi connectivity index (χ0v) is 25.4. The molecule has 0 aliphatic carbocycles. The summed E-state index contributed by atoms with van der Waals surface area (Å²) in [6.07, 6.45) is 0. The molecule has 0 atom stereocenters. The Kier molecular flexibility index (Phi) is 5.57. The van der Waals surface area contributed by atoms with Crippen LogP contribution in [-0.4, -0.2) is 0 Å². The number of hydrogen-bond donors (Lipinski definition) is 0. The first-order valence-electron chi connectivity index (χ1n) is 15.9. The molecule has 0 radical (unpaired) electrons. The molecule has 0 unspecified atom stereocenters. The van der Waals surface area contributed by atoms with Crippen molar-refractivity contribution in [3.63, 3.8) is 0 Å². The van der Waals surface area contributed by atoms with Gasteiger partial charge in [0.05, 0.1) is 0 Å². The Morgan fingerprint density at radius 3 is 2.00 bits per heavy atom. The Bertz CT molecular complexity index is 2810. The molecule has 0 saturated carbocycles. The number of fused-ring (bicyclic) bond motifs is 10. The monoisotopic (exact) mass is 601 g/mol. The van der Waals surface area contributed by atoms with Gasteiger partial charge in [0.1, 0.15) is 22.3 Å². The number of rotatable bonds is 4. The normalized spacial score (nSPS) is 11.8. The van der Waals surface area contributed by atoms with Crippen LogP contribution in [0, 0.1) is 0 Å². The van der Waals surface area contributed by atoms with E-state index in [0.717, 1.165) is 77.5 Å². The van der Waals surface area contributed by atoms with Crippen LogP contribution < -0.4 is 4.90 Å². The lowest BCUT2D eigenvalue weighted by Gasteiger charge is -2.26. The van der Waals surface area contributed by atoms with E-state index in [-0.39, 0.29) is 0 Å². The van der Waals surface area contributed by atoms with Gasteiger partial charge in [0.25, 0.3) is 0 Å². The van der Waals surface area contributed by atoms with E-state index in [1.165, 1.54) is 16.2 Å². The largest absolute Gasteiger partial charge is 0.456 e. The highest BCUT2D eigenvalue weighted by Crippen LogP contribution is 2.41. The van der Waals surface area contributed by atoms with Gasteiger partial charge in [-0.3, -0.25) is 0 Å². The lowest BCUT2D eigenvalue weighted by molar-refractivity contribution is 0.669. The maximum absolute atomic E-state index is 6.52. The van der Waals surface area contributed by atoms with Crippen molar-refractivity contribution in [3.8, 4) is 11.1 Å². The molecule has 2 heterocycles. The molecule has 0 fully saturated rings. The number of nitrogens with zero attached hydrogens (tertiary/aromatic N) is 1. The van der Waals surface area contributed by atoms with E-state index in [2.05, 4.69) is 157 Å². The standard InChI is InChI=1S/C44H27NO2/c1-2-11-32(12-3-1)45(34-20-23-35-31(26-34)19-24-41-43(35)39-15-6-7-16-40(39)46-41)33-13-8-10-29(25-33)30-18-21-37-38-22-17-28-9-4-5-14-36(28)44(38)47-42(37)27-30/h1-27H. The average molecular weight is 602 g/mol. The van der Waals surface area contributed by atoms with Gasteiger partial charge in [0, 0.05) is 44.0 Å². The van der Waals surface area contributed by atoms with Crippen LogP contribution in [-0.2, 0) is 0 Å². The van der Waals surface area contributed by atoms with Gasteiger partial charge in [-0.1, -0.05) is 97.1 Å². The van der Waals surface area contributed by atoms with Crippen molar-refractivity contribution in [1.82, 2.24) is 0 Å². The van der Waals surface area contributed by atoms with Crippen molar-refractivity contribution in [2.45, 2.75) is 0 Å². The maximum Gasteiger partial charge on any atom is 0.143 e. The Hall–Kier alpha value is -6.32. The van der Waals surface area contributed by atoms with Crippen molar-refractivity contribution >= 4 is 82.5 Å². The highest BCUT2D eigenvalue weighted by Gasteiger charge is 2.17. The SMILES string of the molecule is c1ccc(N(c2cccc(-c3ccc4c(c3)oc3c5ccccc5ccc43)c2)c2ccc3c(ccc4oc5ccccc5c43)c2)cc1. The molecule has 0 saturated heterocycles. The molecule has 0 N–H and O–H groups in total. The van der Waals surface area contributed by atoms with Crippen LogP contribution in [0.2, 0.25) is 0 Å². The first kappa shape index (κ1) is 26.0. The summed E-state index contributed by atoms with van der Waals surface area (Å²) in [5, 5.41) is 9.25. The second-order valence-corrected chi connectivity index (χ2v) is 12.1. The fraction of sp³-hybridized carbons (Fsp3) is 0. The molecule has 0 spiro atoms. The van der Waals surface area contributed by atoms with E-state index >= 15 is 0 Å². The van der Waals surface area contributed by atoms with Crippen LogP contribution in [0.5, 0.6) is 0 Å². The summed E-state index contributed by atoms with van der Waals surface area (Å²) in [6.45, 7) is 0. The third-order valence-electron chi connectivity index (χ3n) is 9.42. The van der Waals surface area contributed by atoms with Crippen LogP contribution in [0.15, 0.2) is 173 Å². The lowest BCUT2D eigenvalue weighted by Crippen LogP contribution is -2.09. The summed E-state index contributed by atoms with van der Waals surface area (Å²) in [7, 11) is 0. The minimum Gasteiger partial charge on any atom is -0.456 e. The molecule has 47 heavy (non-hydrogen) atoms. The minimum absolute atomic E-state index is 0.895. The molecule has 3 heteroatoms. The van der Waals surface area contributed by atoms with Gasteiger partial charge < -0.3 is 13.7 Å². The first-order chi connectivity index (χ1) is 23.3. The van der Waals surface area contributed by atoms with Gasteiger partial charge in [0.15, 0.2) is 0 Å². The number of anilines is 3. The summed E-state index contributed by atoms with van der Waals surface area (Å²) in [5.74, 6) is 0. The quantitative estimate of drug-likeness (QED) is 0.201. The Balaban J connectivity index is 1.11. The van der Waals surface area contributed by atoms with Crippen LogP contribution >= 0.6 is 0 Å². The van der Waals surface area contributed by atoms with E-state index in [0.29, 0.717) is 0 Å². The molecule has 3 nitrogen and oxygen atoms in total. The van der Waals surface area contributed by atoms with E-state index in [9.17, 15) is 0 Å². The fourth-order valence-corrected chi connectivity index (χ4v) is 7.21. The molecular formula is C44H27NO2. The van der Waals surface area contributed by atoms with Crippen molar-refractivity contribution in [2.24, 2.45) is 0 Å². The summed E-state index contributed by atoms with van der Waals surface area (Å²) < 4.78 is 12.7. The molecule has 0 aliphatic rings. The second kappa shape index (κ2) is 10.1. The fourth-order valence-electron chi connectivity index (χ4n) is 7.21. The lowest BCUT2D eigenvalue weighted by atomic mass is 10.0. The Labute approximate surface area is 270 Å². The van der Waals surface area contributed by atoms with Crippen molar-refractivity contribution in [1.29, 1.82) is 0 Å². The molecule has 8 aromatic carbocycles. The van der Waals surface area contributed by atoms with E-state index in [1.54, 1.807) is 0 Å². The maximum atomic E-state index is 6.52. The number of benzene rings is 8. The molecule has 220 valence electrons. The Morgan fingerprint density at radius 2 is 1.06 bits per heavy atom. The topological polar surface area (TPSA) is 29.5 Å². The summed E-state index contributed by atoms with van der Waals surface area (Å²) in [5.41, 5.74) is 9.17. The van der Waals surface area contributed by atoms with Gasteiger partial charge in [0.2, 0.25) is 0 Å². The molecule has 0 aliphatic heterocycles. The van der Waals surface area contributed by atoms with Gasteiger partial charge in [-0.05, 0) is 94.0 Å². The smallest absolute Gasteiger partial charge is 0.143 e. The Morgan fingerprint density at radius 1 is 0.340 bits per heavy atom. The summed E-state index contributed by atoms with van der Waals surface area (Å²) in [6, 6.07) is 57.9. The number of hydrogen-bond acceptors (Lipinski definition) is 3. The minimum atomic E-state index is 0.895. The zero-order valence-electron chi connectivity index (χ0n) is 25.4. The van der Waals surface area contributed by atoms with Crippen LogP contribution in [0.3, 0.4) is 0 Å². The van der Waals surface area contributed by atoms with Gasteiger partial charge in [-0.25, -0.2) is 0 Å². The van der Waals surface area contributed by atoms with Crippen LogP contribution in [0.25, 0.3) is 76.5 Å². The summed E-state index contributed by atoms with van der Waals surface area (Å²) in [4.78, 5) is 2.33. The van der Waals surface area contributed by atoms with Crippen molar-refractivity contribution in [3.05, 3.63) is 164 Å².